The van der Waals surface area contributed by atoms with Gasteiger partial charge < -0.3 is 0 Å². The summed E-state index contributed by atoms with van der Waals surface area (Å²) in [5, 5.41) is 0. The molecule has 1 heterocycles. The molecule has 54 valence electrons. The summed E-state index contributed by atoms with van der Waals surface area (Å²) < 4.78 is 0.249. The minimum atomic E-state index is 0.249. The molecular weight excluding hydrogens is 142 g/mol. The van der Waals surface area contributed by atoms with Crippen molar-refractivity contribution >= 4 is 18.0 Å². The fourth-order valence-corrected chi connectivity index (χ4v) is 2.38. The van der Waals surface area contributed by atoms with Crippen LogP contribution in [-0.4, -0.2) is 11.0 Å². The van der Waals surface area contributed by atoms with Crippen molar-refractivity contribution in [2.75, 3.05) is 0 Å². The molecule has 0 atom stereocenters. The molecule has 0 bridgehead atoms. The van der Waals surface area contributed by atoms with Gasteiger partial charge in [0.15, 0.2) is 0 Å². The fourth-order valence-electron chi connectivity index (χ4n) is 1.16. The Morgan fingerprint density at radius 3 is 2.70 bits per heavy atom. The van der Waals surface area contributed by atoms with Gasteiger partial charge >= 0.3 is 0 Å². The molecule has 0 saturated carbocycles. The highest BCUT2D eigenvalue weighted by atomic mass is 32.2. The van der Waals surface area contributed by atoms with E-state index < -0.39 is 0 Å². The Balaban J connectivity index is 2.26. The van der Waals surface area contributed by atoms with Gasteiger partial charge in [-0.25, -0.2) is 0 Å². The third-order valence-corrected chi connectivity index (χ3v) is 3.15. The van der Waals surface area contributed by atoms with Crippen LogP contribution in [0.1, 0.15) is 26.7 Å². The van der Waals surface area contributed by atoms with Crippen LogP contribution >= 0.6 is 11.8 Å². The molecule has 0 fully saturated rings. The van der Waals surface area contributed by atoms with E-state index in [0.717, 1.165) is 0 Å². The van der Waals surface area contributed by atoms with Crippen LogP contribution in [0.5, 0.6) is 0 Å². The number of rotatable bonds is 0. The summed E-state index contributed by atoms with van der Waals surface area (Å²) in [7, 11) is 0. The monoisotopic (exact) mass is 153 g/mol. The van der Waals surface area contributed by atoms with Crippen LogP contribution < -0.4 is 0 Å². The van der Waals surface area contributed by atoms with E-state index >= 15 is 0 Å². The van der Waals surface area contributed by atoms with Crippen molar-refractivity contribution in [3.05, 3.63) is 10.6 Å². The average Bonchev–Trinajstić information content (AvgIpc) is 1.78. The molecule has 1 nitrogen and oxygen atoms in total. The molecule has 0 radical (unpaired) electrons. The summed E-state index contributed by atoms with van der Waals surface area (Å²) in [6.45, 7) is 4.42. The Hall–Kier alpha value is -0.240. The van der Waals surface area contributed by atoms with Gasteiger partial charge in [-0.3, -0.25) is 4.99 Å². The van der Waals surface area contributed by atoms with E-state index in [1.807, 2.05) is 11.8 Å². The number of hydrogen-bond acceptors (Lipinski definition) is 2. The third-order valence-electron chi connectivity index (χ3n) is 1.83. The topological polar surface area (TPSA) is 12.4 Å². The molecular formula is C8H11NS. The zero-order valence-electron chi connectivity index (χ0n) is 6.35. The molecule has 0 aromatic heterocycles. The molecule has 1 aliphatic carbocycles. The summed E-state index contributed by atoms with van der Waals surface area (Å²) in [5.41, 5.74) is 1.34. The van der Waals surface area contributed by atoms with E-state index in [1.54, 1.807) is 0 Å². The average molecular weight is 153 g/mol. The van der Waals surface area contributed by atoms with Crippen molar-refractivity contribution in [3.8, 4) is 0 Å². The minimum Gasteiger partial charge on any atom is -0.263 e. The van der Waals surface area contributed by atoms with Crippen LogP contribution in [-0.2, 0) is 0 Å². The zero-order valence-corrected chi connectivity index (χ0v) is 7.16. The smallest absolute Gasteiger partial charge is 0.0499 e. The summed E-state index contributed by atoms with van der Waals surface area (Å²) in [5.74, 6) is 0. The van der Waals surface area contributed by atoms with Crippen LogP contribution in [0.3, 0.4) is 0 Å². The summed E-state index contributed by atoms with van der Waals surface area (Å²) >= 11 is 1.97. The maximum absolute atomic E-state index is 4.38. The van der Waals surface area contributed by atoms with Gasteiger partial charge in [0.1, 0.15) is 0 Å². The van der Waals surface area contributed by atoms with E-state index in [-0.39, 0.29) is 4.75 Å². The van der Waals surface area contributed by atoms with Gasteiger partial charge in [-0.1, -0.05) is 0 Å². The Bertz CT molecular complexity index is 225. The minimum absolute atomic E-state index is 0.249. The molecule has 0 unspecified atom stereocenters. The van der Waals surface area contributed by atoms with Crippen molar-refractivity contribution < 1.29 is 0 Å². The Morgan fingerprint density at radius 1 is 1.50 bits per heavy atom. The van der Waals surface area contributed by atoms with E-state index in [0.29, 0.717) is 0 Å². The van der Waals surface area contributed by atoms with Gasteiger partial charge in [-0.05, 0) is 26.7 Å². The van der Waals surface area contributed by atoms with Crippen molar-refractivity contribution in [1.29, 1.82) is 0 Å². The lowest BCUT2D eigenvalue weighted by atomic mass is 10.1. The van der Waals surface area contributed by atoms with E-state index in [2.05, 4.69) is 25.1 Å². The van der Waals surface area contributed by atoms with Crippen LogP contribution in [0.2, 0.25) is 0 Å². The van der Waals surface area contributed by atoms with Crippen molar-refractivity contribution in [2.45, 2.75) is 31.4 Å². The maximum atomic E-state index is 4.38. The molecule has 0 N–H and O–H groups in total. The zero-order chi connectivity index (χ0) is 7.19. The highest BCUT2D eigenvalue weighted by Gasteiger charge is 2.28. The first kappa shape index (κ1) is 6.47. The Labute approximate surface area is 65.6 Å². The lowest BCUT2D eigenvalue weighted by Gasteiger charge is -2.31. The highest BCUT2D eigenvalue weighted by Crippen LogP contribution is 2.45. The second-order valence-corrected chi connectivity index (χ2v) is 5.08. The van der Waals surface area contributed by atoms with Gasteiger partial charge in [0.25, 0.3) is 0 Å². The SMILES string of the molecule is CC1(C)C=NC2=C(CC2)S1. The van der Waals surface area contributed by atoms with Gasteiger partial charge in [-0.15, -0.1) is 11.8 Å². The molecule has 2 rings (SSSR count). The molecule has 2 heteroatoms. The number of hydrogen-bond donors (Lipinski definition) is 0. The molecule has 0 saturated heterocycles. The van der Waals surface area contributed by atoms with Crippen LogP contribution in [0.15, 0.2) is 15.6 Å². The highest BCUT2D eigenvalue weighted by molar-refractivity contribution is 8.05. The number of allylic oxidation sites excluding steroid dienone is 2. The van der Waals surface area contributed by atoms with Crippen molar-refractivity contribution in [1.82, 2.24) is 0 Å². The second kappa shape index (κ2) is 1.88. The predicted octanol–water partition coefficient (Wildman–Crippen LogP) is 2.59. The molecule has 1 aliphatic heterocycles. The number of aliphatic imine (C=N–C) groups is 1. The van der Waals surface area contributed by atoms with Crippen molar-refractivity contribution in [2.24, 2.45) is 4.99 Å². The molecule has 0 aromatic rings. The first-order chi connectivity index (χ1) is 4.67. The van der Waals surface area contributed by atoms with Gasteiger partial charge in [0.05, 0.1) is 0 Å². The van der Waals surface area contributed by atoms with Crippen LogP contribution in [0, 0.1) is 0 Å². The normalized spacial score (nSPS) is 27.8. The summed E-state index contributed by atoms with van der Waals surface area (Å²) in [4.78, 5) is 5.91. The Kier molecular flexibility index (Phi) is 1.21. The lowest BCUT2D eigenvalue weighted by Crippen LogP contribution is -2.22. The first-order valence-corrected chi connectivity index (χ1v) is 4.45. The van der Waals surface area contributed by atoms with Crippen LogP contribution in [0.4, 0.5) is 0 Å². The largest absolute Gasteiger partial charge is 0.263 e. The van der Waals surface area contributed by atoms with E-state index in [9.17, 15) is 0 Å². The van der Waals surface area contributed by atoms with E-state index in [1.165, 1.54) is 23.4 Å². The number of thioether (sulfide) groups is 1. The molecule has 0 aromatic carbocycles. The van der Waals surface area contributed by atoms with Gasteiger partial charge in [0, 0.05) is 21.6 Å². The standard InChI is InChI=1S/C8H11NS/c1-8(2)5-9-6-3-4-7(6)10-8/h5H,3-4H2,1-2H3. The van der Waals surface area contributed by atoms with E-state index in [4.69, 9.17) is 0 Å². The van der Waals surface area contributed by atoms with Gasteiger partial charge in [0.2, 0.25) is 0 Å². The maximum Gasteiger partial charge on any atom is 0.0499 e. The lowest BCUT2D eigenvalue weighted by molar-refractivity contribution is 0.816. The van der Waals surface area contributed by atoms with Crippen molar-refractivity contribution in [3.63, 3.8) is 0 Å². The summed E-state index contributed by atoms with van der Waals surface area (Å²) in [6, 6.07) is 0. The first-order valence-electron chi connectivity index (χ1n) is 3.64. The number of nitrogens with zero attached hydrogens (tertiary/aromatic N) is 1. The predicted molar refractivity (Wildman–Crippen MR) is 46.4 cm³/mol. The molecule has 0 spiro atoms. The quantitative estimate of drug-likeness (QED) is 0.521. The second-order valence-electron chi connectivity index (χ2n) is 3.33. The molecule has 2 aliphatic rings. The third kappa shape index (κ3) is 0.908. The molecule has 10 heavy (non-hydrogen) atoms. The Morgan fingerprint density at radius 2 is 2.30 bits per heavy atom. The molecule has 0 amide bonds. The summed E-state index contributed by atoms with van der Waals surface area (Å²) in [6.07, 6.45) is 4.53. The fraction of sp³-hybridized carbons (Fsp3) is 0.625. The van der Waals surface area contributed by atoms with Crippen LogP contribution in [0.25, 0.3) is 0 Å². The van der Waals surface area contributed by atoms with Gasteiger partial charge in [-0.2, -0.15) is 0 Å².